The summed E-state index contributed by atoms with van der Waals surface area (Å²) in [4.78, 5) is 2.47. The van der Waals surface area contributed by atoms with Crippen molar-refractivity contribution in [2.45, 2.75) is 25.7 Å². The maximum atomic E-state index is 5.49. The van der Waals surface area contributed by atoms with Crippen molar-refractivity contribution in [2.75, 3.05) is 25.1 Å². The lowest BCUT2D eigenvalue weighted by Crippen LogP contribution is -2.34. The van der Waals surface area contributed by atoms with Crippen molar-refractivity contribution >= 4 is 5.69 Å². The van der Waals surface area contributed by atoms with Gasteiger partial charge < -0.3 is 9.64 Å². The second kappa shape index (κ2) is 7.35. The molecule has 2 nitrogen and oxygen atoms in total. The number of methoxy groups -OCH3 is 1. The zero-order valence-corrected chi connectivity index (χ0v) is 13.4. The minimum atomic E-state index is 0.853. The normalized spacial score (nSPS) is 15.8. The highest BCUT2D eigenvalue weighted by atomic mass is 16.5. The van der Waals surface area contributed by atoms with Gasteiger partial charge in [0.25, 0.3) is 0 Å². The summed E-state index contributed by atoms with van der Waals surface area (Å²) in [6, 6.07) is 19.2. The SMILES string of the molecule is COc1ccccc1N1CCC(CCc2ccccc2)CC1. The molecular formula is C20H25NO. The number of hydrogen-bond donors (Lipinski definition) is 0. The van der Waals surface area contributed by atoms with Crippen molar-refractivity contribution in [1.29, 1.82) is 0 Å². The molecule has 116 valence electrons. The van der Waals surface area contributed by atoms with Crippen LogP contribution in [-0.4, -0.2) is 20.2 Å². The Labute approximate surface area is 133 Å². The van der Waals surface area contributed by atoms with Crippen LogP contribution in [-0.2, 0) is 6.42 Å². The molecule has 0 N–H and O–H groups in total. The third-order valence-corrected chi connectivity index (χ3v) is 4.72. The summed E-state index contributed by atoms with van der Waals surface area (Å²) >= 11 is 0. The van der Waals surface area contributed by atoms with Crippen LogP contribution in [0.4, 0.5) is 5.69 Å². The third kappa shape index (κ3) is 3.62. The van der Waals surface area contributed by atoms with Crippen molar-refractivity contribution in [2.24, 2.45) is 5.92 Å². The summed E-state index contributed by atoms with van der Waals surface area (Å²) in [5.74, 6) is 1.84. The Hall–Kier alpha value is -1.96. The lowest BCUT2D eigenvalue weighted by Gasteiger charge is -2.34. The van der Waals surface area contributed by atoms with Crippen LogP contribution in [0.15, 0.2) is 54.6 Å². The van der Waals surface area contributed by atoms with Gasteiger partial charge in [-0.2, -0.15) is 0 Å². The Morgan fingerprint density at radius 2 is 1.64 bits per heavy atom. The minimum absolute atomic E-state index is 0.853. The number of rotatable bonds is 5. The molecule has 2 aromatic carbocycles. The monoisotopic (exact) mass is 295 g/mol. The highest BCUT2D eigenvalue weighted by molar-refractivity contribution is 5.58. The van der Waals surface area contributed by atoms with Crippen LogP contribution in [0.2, 0.25) is 0 Å². The second-order valence-electron chi connectivity index (χ2n) is 6.13. The van der Waals surface area contributed by atoms with Gasteiger partial charge in [0.2, 0.25) is 0 Å². The predicted molar refractivity (Wildman–Crippen MR) is 92.7 cm³/mol. The van der Waals surface area contributed by atoms with Gasteiger partial charge in [-0.3, -0.25) is 0 Å². The van der Waals surface area contributed by atoms with E-state index in [9.17, 15) is 0 Å². The Balaban J connectivity index is 1.52. The number of aryl methyl sites for hydroxylation is 1. The molecule has 22 heavy (non-hydrogen) atoms. The average molecular weight is 295 g/mol. The molecule has 1 heterocycles. The van der Waals surface area contributed by atoms with Gasteiger partial charge in [-0.05, 0) is 49.3 Å². The fraction of sp³-hybridized carbons (Fsp3) is 0.400. The van der Waals surface area contributed by atoms with Crippen LogP contribution in [0.1, 0.15) is 24.8 Å². The molecule has 2 aromatic rings. The van der Waals surface area contributed by atoms with E-state index in [-0.39, 0.29) is 0 Å². The van der Waals surface area contributed by atoms with Gasteiger partial charge in [-0.15, -0.1) is 0 Å². The largest absolute Gasteiger partial charge is 0.495 e. The maximum absolute atomic E-state index is 5.49. The Morgan fingerprint density at radius 1 is 0.955 bits per heavy atom. The summed E-state index contributed by atoms with van der Waals surface area (Å²) in [6.07, 6.45) is 5.08. The van der Waals surface area contributed by atoms with E-state index >= 15 is 0 Å². The molecule has 2 heteroatoms. The molecule has 1 fully saturated rings. The fourth-order valence-electron chi connectivity index (χ4n) is 3.37. The van der Waals surface area contributed by atoms with Crippen molar-refractivity contribution in [3.8, 4) is 5.75 Å². The molecule has 0 saturated carbocycles. The smallest absolute Gasteiger partial charge is 0.142 e. The number of benzene rings is 2. The number of hydrogen-bond acceptors (Lipinski definition) is 2. The van der Waals surface area contributed by atoms with E-state index in [1.54, 1.807) is 7.11 Å². The molecule has 0 spiro atoms. The molecule has 0 amide bonds. The number of ether oxygens (including phenoxy) is 1. The van der Waals surface area contributed by atoms with Crippen LogP contribution < -0.4 is 9.64 Å². The van der Waals surface area contributed by atoms with Crippen LogP contribution in [0.3, 0.4) is 0 Å². The van der Waals surface area contributed by atoms with Gasteiger partial charge in [-0.1, -0.05) is 42.5 Å². The average Bonchev–Trinajstić information content (AvgIpc) is 2.61. The molecule has 0 atom stereocenters. The van der Waals surface area contributed by atoms with E-state index in [0.717, 1.165) is 24.8 Å². The molecule has 0 aromatic heterocycles. The molecular weight excluding hydrogens is 270 g/mol. The van der Waals surface area contributed by atoms with E-state index in [4.69, 9.17) is 4.74 Å². The summed E-state index contributed by atoms with van der Waals surface area (Å²) in [7, 11) is 1.76. The van der Waals surface area contributed by atoms with Crippen molar-refractivity contribution in [1.82, 2.24) is 0 Å². The number of nitrogens with zero attached hydrogens (tertiary/aromatic N) is 1. The van der Waals surface area contributed by atoms with Gasteiger partial charge in [0.05, 0.1) is 12.8 Å². The first kappa shape index (κ1) is 15.0. The molecule has 1 aliphatic heterocycles. The first-order chi connectivity index (χ1) is 10.9. The first-order valence-electron chi connectivity index (χ1n) is 8.28. The van der Waals surface area contributed by atoms with Gasteiger partial charge in [0, 0.05) is 13.1 Å². The molecule has 1 saturated heterocycles. The minimum Gasteiger partial charge on any atom is -0.495 e. The van der Waals surface area contributed by atoms with Crippen LogP contribution in [0.25, 0.3) is 0 Å². The lowest BCUT2D eigenvalue weighted by atomic mass is 9.90. The van der Waals surface area contributed by atoms with E-state index < -0.39 is 0 Å². The van der Waals surface area contributed by atoms with Gasteiger partial charge >= 0.3 is 0 Å². The zero-order valence-electron chi connectivity index (χ0n) is 13.4. The highest BCUT2D eigenvalue weighted by Crippen LogP contribution is 2.32. The van der Waals surface area contributed by atoms with Crippen molar-refractivity contribution in [3.05, 3.63) is 60.2 Å². The van der Waals surface area contributed by atoms with E-state index in [0.29, 0.717) is 0 Å². The number of anilines is 1. The summed E-state index contributed by atoms with van der Waals surface area (Å²) in [5.41, 5.74) is 2.71. The fourth-order valence-corrected chi connectivity index (χ4v) is 3.37. The van der Waals surface area contributed by atoms with Crippen molar-refractivity contribution in [3.63, 3.8) is 0 Å². The highest BCUT2D eigenvalue weighted by Gasteiger charge is 2.21. The third-order valence-electron chi connectivity index (χ3n) is 4.72. The van der Waals surface area contributed by atoms with E-state index in [2.05, 4.69) is 53.4 Å². The second-order valence-corrected chi connectivity index (χ2v) is 6.13. The molecule has 0 aliphatic carbocycles. The van der Waals surface area contributed by atoms with E-state index in [1.165, 1.54) is 36.9 Å². The summed E-state index contributed by atoms with van der Waals surface area (Å²) in [5, 5.41) is 0. The lowest BCUT2D eigenvalue weighted by molar-refractivity contribution is 0.375. The van der Waals surface area contributed by atoms with Crippen LogP contribution in [0.5, 0.6) is 5.75 Å². The maximum Gasteiger partial charge on any atom is 0.142 e. The van der Waals surface area contributed by atoms with Crippen molar-refractivity contribution < 1.29 is 4.74 Å². The topological polar surface area (TPSA) is 12.5 Å². The quantitative estimate of drug-likeness (QED) is 0.802. The Kier molecular flexibility index (Phi) is 4.99. The predicted octanol–water partition coefficient (Wildman–Crippen LogP) is 4.54. The molecule has 0 radical (unpaired) electrons. The van der Waals surface area contributed by atoms with Gasteiger partial charge in [0.15, 0.2) is 0 Å². The Bertz CT molecular complexity index is 573. The molecule has 1 aliphatic rings. The first-order valence-corrected chi connectivity index (χ1v) is 8.28. The van der Waals surface area contributed by atoms with E-state index in [1.807, 2.05) is 6.07 Å². The van der Waals surface area contributed by atoms with Crippen LogP contribution in [0, 0.1) is 5.92 Å². The summed E-state index contributed by atoms with van der Waals surface area (Å²) < 4.78 is 5.49. The van der Waals surface area contributed by atoms with Gasteiger partial charge in [-0.25, -0.2) is 0 Å². The number of piperidine rings is 1. The Morgan fingerprint density at radius 3 is 2.36 bits per heavy atom. The summed E-state index contributed by atoms with van der Waals surface area (Å²) in [6.45, 7) is 2.28. The molecule has 3 rings (SSSR count). The molecule has 0 unspecified atom stereocenters. The number of para-hydroxylation sites is 2. The molecule has 0 bridgehead atoms. The standard InChI is InChI=1S/C20H25NO/c1-22-20-10-6-5-9-19(20)21-15-13-18(14-16-21)12-11-17-7-3-2-4-8-17/h2-10,18H,11-16H2,1H3. The van der Waals surface area contributed by atoms with Gasteiger partial charge in [0.1, 0.15) is 5.75 Å². The van der Waals surface area contributed by atoms with Crippen LogP contribution >= 0.6 is 0 Å². The zero-order chi connectivity index (χ0) is 15.2.